The SMILES string of the molecule is Ic1cnc(NCC2CCC2)nc1. The van der Waals surface area contributed by atoms with Gasteiger partial charge in [-0.2, -0.15) is 0 Å². The third kappa shape index (κ3) is 2.52. The highest BCUT2D eigenvalue weighted by Gasteiger charge is 2.16. The Hall–Kier alpha value is -0.390. The molecule has 0 bridgehead atoms. The van der Waals surface area contributed by atoms with Crippen LogP contribution in [0.1, 0.15) is 19.3 Å². The van der Waals surface area contributed by atoms with E-state index < -0.39 is 0 Å². The maximum Gasteiger partial charge on any atom is 0.222 e. The second-order valence-corrected chi connectivity index (χ2v) is 4.65. The normalized spacial score (nSPS) is 16.7. The summed E-state index contributed by atoms with van der Waals surface area (Å²) in [5.41, 5.74) is 0. The highest BCUT2D eigenvalue weighted by molar-refractivity contribution is 14.1. The largest absolute Gasteiger partial charge is 0.354 e. The fourth-order valence-corrected chi connectivity index (χ4v) is 1.61. The minimum Gasteiger partial charge on any atom is -0.354 e. The predicted octanol–water partition coefficient (Wildman–Crippen LogP) is 2.29. The van der Waals surface area contributed by atoms with Crippen molar-refractivity contribution in [3.05, 3.63) is 16.0 Å². The van der Waals surface area contributed by atoms with Gasteiger partial charge in [-0.1, -0.05) is 6.42 Å². The molecule has 0 radical (unpaired) electrons. The summed E-state index contributed by atoms with van der Waals surface area (Å²) in [5, 5.41) is 3.25. The molecule has 1 fully saturated rings. The first-order valence-corrected chi connectivity index (χ1v) is 5.64. The number of hydrogen-bond acceptors (Lipinski definition) is 3. The van der Waals surface area contributed by atoms with Crippen LogP contribution in [0.5, 0.6) is 0 Å². The van der Waals surface area contributed by atoms with E-state index in [1.54, 1.807) is 0 Å². The van der Waals surface area contributed by atoms with Crippen molar-refractivity contribution < 1.29 is 0 Å². The van der Waals surface area contributed by atoms with Crippen LogP contribution in [0.25, 0.3) is 0 Å². The van der Waals surface area contributed by atoms with Crippen molar-refractivity contribution >= 4 is 28.5 Å². The van der Waals surface area contributed by atoms with Crippen LogP contribution in [0.15, 0.2) is 12.4 Å². The molecule has 1 aliphatic rings. The monoisotopic (exact) mass is 289 g/mol. The van der Waals surface area contributed by atoms with E-state index in [1.165, 1.54) is 19.3 Å². The molecule has 0 amide bonds. The zero-order chi connectivity index (χ0) is 9.10. The summed E-state index contributed by atoms with van der Waals surface area (Å²) in [7, 11) is 0. The van der Waals surface area contributed by atoms with Crippen molar-refractivity contribution in [2.45, 2.75) is 19.3 Å². The summed E-state index contributed by atoms with van der Waals surface area (Å²) < 4.78 is 1.08. The fourth-order valence-electron chi connectivity index (χ4n) is 1.34. The molecule has 1 aliphatic carbocycles. The van der Waals surface area contributed by atoms with Crippen molar-refractivity contribution in [2.75, 3.05) is 11.9 Å². The van der Waals surface area contributed by atoms with E-state index in [0.717, 1.165) is 22.0 Å². The van der Waals surface area contributed by atoms with Gasteiger partial charge in [-0.3, -0.25) is 0 Å². The first-order chi connectivity index (χ1) is 6.34. The van der Waals surface area contributed by atoms with E-state index >= 15 is 0 Å². The van der Waals surface area contributed by atoms with Crippen LogP contribution in [-0.4, -0.2) is 16.5 Å². The number of nitrogens with zero attached hydrogens (tertiary/aromatic N) is 2. The lowest BCUT2D eigenvalue weighted by Crippen LogP contribution is -2.21. The molecule has 0 saturated heterocycles. The van der Waals surface area contributed by atoms with Crippen LogP contribution >= 0.6 is 22.6 Å². The van der Waals surface area contributed by atoms with Gasteiger partial charge in [0.2, 0.25) is 5.95 Å². The summed E-state index contributed by atoms with van der Waals surface area (Å²) in [6.07, 6.45) is 7.77. The third-order valence-electron chi connectivity index (χ3n) is 2.39. The molecule has 1 saturated carbocycles. The van der Waals surface area contributed by atoms with Crippen LogP contribution in [0.4, 0.5) is 5.95 Å². The maximum atomic E-state index is 4.18. The van der Waals surface area contributed by atoms with Crippen molar-refractivity contribution in [1.29, 1.82) is 0 Å². The summed E-state index contributed by atoms with van der Waals surface area (Å²) in [4.78, 5) is 8.36. The third-order valence-corrected chi connectivity index (χ3v) is 2.95. The van der Waals surface area contributed by atoms with Gasteiger partial charge in [-0.25, -0.2) is 9.97 Å². The molecule has 1 aromatic heterocycles. The second-order valence-electron chi connectivity index (χ2n) is 3.40. The molecule has 1 N–H and O–H groups in total. The molecule has 13 heavy (non-hydrogen) atoms. The van der Waals surface area contributed by atoms with Crippen LogP contribution in [-0.2, 0) is 0 Å². The summed E-state index contributed by atoms with van der Waals surface area (Å²) >= 11 is 2.20. The Bertz CT molecular complexity index is 269. The standard InChI is InChI=1S/C9H12IN3/c10-8-5-12-9(13-6-8)11-4-7-2-1-3-7/h5-7H,1-4H2,(H,11,12,13). The highest BCUT2D eigenvalue weighted by atomic mass is 127. The average Bonchev–Trinajstić information content (AvgIpc) is 2.05. The van der Waals surface area contributed by atoms with Crippen LogP contribution in [0.2, 0.25) is 0 Å². The Morgan fingerprint density at radius 3 is 2.62 bits per heavy atom. The maximum absolute atomic E-state index is 4.18. The lowest BCUT2D eigenvalue weighted by Gasteiger charge is -2.25. The van der Waals surface area contributed by atoms with Crippen molar-refractivity contribution in [2.24, 2.45) is 5.92 Å². The molecule has 2 rings (SSSR count). The molecule has 3 nitrogen and oxygen atoms in total. The molecule has 1 aromatic rings. The highest BCUT2D eigenvalue weighted by Crippen LogP contribution is 2.25. The van der Waals surface area contributed by atoms with Gasteiger partial charge in [-0.05, 0) is 41.4 Å². The second kappa shape index (κ2) is 4.21. The van der Waals surface area contributed by atoms with Crippen molar-refractivity contribution in [1.82, 2.24) is 9.97 Å². The van der Waals surface area contributed by atoms with Gasteiger partial charge in [-0.15, -0.1) is 0 Å². The number of rotatable bonds is 3. The number of halogens is 1. The predicted molar refractivity (Wildman–Crippen MR) is 60.6 cm³/mol. The van der Waals surface area contributed by atoms with Gasteiger partial charge in [0, 0.05) is 22.5 Å². The molecular formula is C9H12IN3. The van der Waals surface area contributed by atoms with Gasteiger partial charge in [0.25, 0.3) is 0 Å². The zero-order valence-electron chi connectivity index (χ0n) is 7.33. The Kier molecular flexibility index (Phi) is 2.97. The Morgan fingerprint density at radius 2 is 2.08 bits per heavy atom. The molecule has 4 heteroatoms. The lowest BCUT2D eigenvalue weighted by atomic mass is 9.85. The zero-order valence-corrected chi connectivity index (χ0v) is 9.49. The molecule has 70 valence electrons. The minimum absolute atomic E-state index is 0.757. The van der Waals surface area contributed by atoms with E-state index in [2.05, 4.69) is 37.9 Å². The molecule has 0 atom stereocenters. The lowest BCUT2D eigenvalue weighted by molar-refractivity contribution is 0.333. The number of anilines is 1. The molecule has 0 aliphatic heterocycles. The first-order valence-electron chi connectivity index (χ1n) is 4.56. The van der Waals surface area contributed by atoms with Crippen LogP contribution in [0, 0.1) is 9.49 Å². The summed E-state index contributed by atoms with van der Waals surface area (Å²) in [6, 6.07) is 0. The van der Waals surface area contributed by atoms with Gasteiger partial charge in [0.1, 0.15) is 0 Å². The molecule has 0 unspecified atom stereocenters. The van der Waals surface area contributed by atoms with Gasteiger partial charge < -0.3 is 5.32 Å². The topological polar surface area (TPSA) is 37.8 Å². The van der Waals surface area contributed by atoms with E-state index in [4.69, 9.17) is 0 Å². The minimum atomic E-state index is 0.757. The fraction of sp³-hybridized carbons (Fsp3) is 0.556. The Labute approximate surface area is 91.5 Å². The smallest absolute Gasteiger partial charge is 0.222 e. The number of nitrogens with one attached hydrogen (secondary N) is 1. The van der Waals surface area contributed by atoms with E-state index in [9.17, 15) is 0 Å². The summed E-state index contributed by atoms with van der Waals surface area (Å²) in [6.45, 7) is 1.03. The van der Waals surface area contributed by atoms with Crippen molar-refractivity contribution in [3.63, 3.8) is 0 Å². The van der Waals surface area contributed by atoms with Gasteiger partial charge >= 0.3 is 0 Å². The van der Waals surface area contributed by atoms with E-state index in [1.807, 2.05) is 12.4 Å². The summed E-state index contributed by atoms with van der Waals surface area (Å²) in [5.74, 6) is 1.61. The van der Waals surface area contributed by atoms with Crippen LogP contribution < -0.4 is 5.32 Å². The number of hydrogen-bond donors (Lipinski definition) is 1. The van der Waals surface area contributed by atoms with Gasteiger partial charge in [0.05, 0.1) is 0 Å². The Morgan fingerprint density at radius 1 is 1.38 bits per heavy atom. The molecular weight excluding hydrogens is 277 g/mol. The number of aromatic nitrogens is 2. The van der Waals surface area contributed by atoms with Gasteiger partial charge in [0.15, 0.2) is 0 Å². The molecule has 0 aromatic carbocycles. The Balaban J connectivity index is 1.83. The van der Waals surface area contributed by atoms with Crippen LogP contribution in [0.3, 0.4) is 0 Å². The quantitative estimate of drug-likeness (QED) is 0.868. The molecule has 0 spiro atoms. The van der Waals surface area contributed by atoms with E-state index in [-0.39, 0.29) is 0 Å². The first kappa shape index (κ1) is 9.18. The molecule has 1 heterocycles. The van der Waals surface area contributed by atoms with E-state index in [0.29, 0.717) is 0 Å². The van der Waals surface area contributed by atoms with Crippen molar-refractivity contribution in [3.8, 4) is 0 Å². The average molecular weight is 289 g/mol.